The van der Waals surface area contributed by atoms with Gasteiger partial charge in [0, 0.05) is 24.3 Å². The highest BCUT2D eigenvalue weighted by atomic mass is 19.4. The van der Waals surface area contributed by atoms with Gasteiger partial charge in [-0.05, 0) is 0 Å². The number of hydrogen-bond acceptors (Lipinski definition) is 5. The van der Waals surface area contributed by atoms with Crippen molar-refractivity contribution in [2.24, 2.45) is 0 Å². The lowest BCUT2D eigenvalue weighted by Crippen LogP contribution is -2.72. The number of hydrogen-bond donors (Lipinski definition) is 0. The van der Waals surface area contributed by atoms with Gasteiger partial charge < -0.3 is 4.74 Å². The van der Waals surface area contributed by atoms with Crippen molar-refractivity contribution >= 4 is 35.0 Å². The average molecular weight is 768 g/mol. The van der Waals surface area contributed by atoms with Gasteiger partial charge in [0.15, 0.2) is 11.6 Å². The molecule has 0 saturated carbocycles. The Bertz CT molecular complexity index is 1740. The second kappa shape index (κ2) is 11.6. The van der Waals surface area contributed by atoms with Gasteiger partial charge in [-0.3, -0.25) is 19.2 Å². The summed E-state index contributed by atoms with van der Waals surface area (Å²) in [5.74, 6) is -76.4. The van der Waals surface area contributed by atoms with E-state index >= 15 is 8.78 Å². The first-order valence-corrected chi connectivity index (χ1v) is 11.7. The predicted octanol–water partition coefficient (Wildman–Crippen LogP) is 6.82. The number of carbonyl (C=O) groups excluding carboxylic acids is 4. The third-order valence-corrected chi connectivity index (χ3v) is 6.26. The van der Waals surface area contributed by atoms with Crippen molar-refractivity contribution in [3.63, 3.8) is 0 Å². The lowest BCUT2D eigenvalue weighted by Gasteiger charge is -2.41. The molecule has 2 heterocycles. The molecule has 0 spiro atoms. The Balaban J connectivity index is 2.23. The summed E-state index contributed by atoms with van der Waals surface area (Å²) < 4.78 is 277. The molecule has 0 aromatic heterocycles. The van der Waals surface area contributed by atoms with Crippen LogP contribution in [0.25, 0.3) is 0 Å². The number of nitrogens with zero attached hydrogens (tertiary/aromatic N) is 2. The quantitative estimate of drug-likeness (QED) is 0.113. The number of amides is 4. The Morgan fingerprint density at radius 2 is 0.800 bits per heavy atom. The standard InChI is InChI=1S/C23H4F20N2O5/c24-9-10(25)14(11(26)13(45-7(48)3-4-8(45)49)12(9)44-5(46)1-2-6(44)47)50-16(28)15(27)17(29,30)18(31,32)19(33,34)20(35,36)21(37,38)22(39,40)23(41,42)43/h1-4H. The van der Waals surface area contributed by atoms with Crippen molar-refractivity contribution in [3.05, 3.63) is 53.6 Å². The number of carbonyl (C=O) groups is 4. The normalized spacial score (nSPS) is 17.4. The maximum Gasteiger partial charge on any atom is 0.460 e. The van der Waals surface area contributed by atoms with Gasteiger partial charge >= 0.3 is 47.7 Å². The van der Waals surface area contributed by atoms with E-state index in [-0.39, 0.29) is 24.3 Å². The summed E-state index contributed by atoms with van der Waals surface area (Å²) in [7, 11) is 0. The number of anilines is 2. The SMILES string of the molecule is O=C1C=CC(=O)N1c1c(F)c(F)c(OC(F)=C(F)C(F)(F)C(F)(F)C(F)(F)C(F)(F)C(F)(F)C(F)(F)C(F)(F)F)c(F)c1N1C(=O)C=CC1=O. The Labute approximate surface area is 258 Å². The summed E-state index contributed by atoms with van der Waals surface area (Å²) >= 11 is 0. The van der Waals surface area contributed by atoms with Crippen molar-refractivity contribution in [1.82, 2.24) is 0 Å². The fourth-order valence-electron chi connectivity index (χ4n) is 3.72. The summed E-state index contributed by atoms with van der Waals surface area (Å²) in [6.45, 7) is 0. The van der Waals surface area contributed by atoms with E-state index in [1.165, 1.54) is 0 Å². The lowest BCUT2D eigenvalue weighted by molar-refractivity contribution is -0.451. The minimum Gasteiger partial charge on any atom is -0.423 e. The van der Waals surface area contributed by atoms with Crippen molar-refractivity contribution in [2.75, 3.05) is 9.80 Å². The molecule has 0 atom stereocenters. The van der Waals surface area contributed by atoms with Crippen molar-refractivity contribution in [1.29, 1.82) is 0 Å². The van der Waals surface area contributed by atoms with Crippen LogP contribution in [-0.2, 0) is 19.2 Å². The van der Waals surface area contributed by atoms with E-state index in [1.807, 2.05) is 0 Å². The van der Waals surface area contributed by atoms with E-state index in [2.05, 4.69) is 4.74 Å². The Morgan fingerprint density at radius 1 is 0.480 bits per heavy atom. The molecule has 0 aliphatic carbocycles. The number of allylic oxidation sites excluding steroid dienone is 1. The number of halogens is 20. The molecule has 1 aromatic rings. The molecule has 0 unspecified atom stereocenters. The van der Waals surface area contributed by atoms with Gasteiger partial charge in [-0.15, -0.1) is 0 Å². The molecule has 50 heavy (non-hydrogen) atoms. The van der Waals surface area contributed by atoms with Crippen molar-refractivity contribution < 1.29 is 112 Å². The molecule has 7 nitrogen and oxygen atoms in total. The summed E-state index contributed by atoms with van der Waals surface area (Å²) in [6, 6.07) is -4.43. The van der Waals surface area contributed by atoms with E-state index in [9.17, 15) is 98.2 Å². The molecule has 2 aliphatic rings. The van der Waals surface area contributed by atoms with E-state index in [1.54, 1.807) is 0 Å². The van der Waals surface area contributed by atoms with E-state index < -0.39 is 122 Å². The van der Waals surface area contributed by atoms with Crippen LogP contribution >= 0.6 is 0 Å². The summed E-state index contributed by atoms with van der Waals surface area (Å²) in [5, 5.41) is 0. The summed E-state index contributed by atoms with van der Waals surface area (Å²) in [5.41, 5.74) is -4.29. The molecule has 0 N–H and O–H groups in total. The molecule has 0 bridgehead atoms. The third-order valence-electron chi connectivity index (χ3n) is 6.26. The second-order valence-electron chi connectivity index (χ2n) is 9.29. The molecule has 27 heteroatoms. The number of rotatable bonds is 10. The minimum atomic E-state index is -8.95. The lowest BCUT2D eigenvalue weighted by atomic mass is 9.91. The molecule has 276 valence electrons. The maximum atomic E-state index is 15.4. The van der Waals surface area contributed by atoms with Crippen LogP contribution in [0.4, 0.5) is 99.2 Å². The van der Waals surface area contributed by atoms with Crippen LogP contribution in [0, 0.1) is 17.5 Å². The van der Waals surface area contributed by atoms with Crippen LogP contribution in [0.5, 0.6) is 5.75 Å². The zero-order chi connectivity index (χ0) is 39.1. The maximum absolute atomic E-state index is 15.4. The topological polar surface area (TPSA) is 84.0 Å². The van der Waals surface area contributed by atoms with Crippen LogP contribution in [0.3, 0.4) is 0 Å². The largest absolute Gasteiger partial charge is 0.460 e. The molecule has 0 fully saturated rings. The Hall–Kier alpha value is -4.88. The third kappa shape index (κ3) is 5.21. The van der Waals surface area contributed by atoms with Crippen LogP contribution in [-0.4, -0.2) is 65.3 Å². The molecule has 1 aromatic carbocycles. The van der Waals surface area contributed by atoms with Gasteiger partial charge in [0.25, 0.3) is 23.6 Å². The number of ether oxygens (including phenoxy) is 1. The monoisotopic (exact) mass is 768 g/mol. The number of imide groups is 2. The van der Waals surface area contributed by atoms with Crippen LogP contribution in [0.1, 0.15) is 0 Å². The van der Waals surface area contributed by atoms with Gasteiger partial charge in [0.05, 0.1) is 0 Å². The first kappa shape index (κ1) is 39.6. The highest BCUT2D eigenvalue weighted by Crippen LogP contribution is 2.63. The van der Waals surface area contributed by atoms with Crippen LogP contribution in [0.15, 0.2) is 36.1 Å². The second-order valence-corrected chi connectivity index (χ2v) is 9.29. The zero-order valence-electron chi connectivity index (χ0n) is 22.3. The van der Waals surface area contributed by atoms with Gasteiger partial charge in [-0.1, -0.05) is 0 Å². The fraction of sp³-hybridized carbons (Fsp3) is 0.304. The Morgan fingerprint density at radius 3 is 1.16 bits per heavy atom. The molecule has 3 rings (SSSR count). The first-order valence-electron chi connectivity index (χ1n) is 11.7. The minimum absolute atomic E-state index is 0.200. The number of benzene rings is 1. The van der Waals surface area contributed by atoms with Crippen LogP contribution in [0.2, 0.25) is 0 Å². The van der Waals surface area contributed by atoms with E-state index in [0.717, 1.165) is 0 Å². The first-order chi connectivity index (χ1) is 22.3. The summed E-state index contributed by atoms with van der Waals surface area (Å²) in [6.07, 6.45) is -7.06. The van der Waals surface area contributed by atoms with Gasteiger partial charge in [-0.2, -0.15) is 79.0 Å². The van der Waals surface area contributed by atoms with Gasteiger partial charge in [0.1, 0.15) is 11.4 Å². The number of alkyl halides is 15. The summed E-state index contributed by atoms with van der Waals surface area (Å²) in [4.78, 5) is 47.0. The van der Waals surface area contributed by atoms with Gasteiger partial charge in [-0.25, -0.2) is 18.6 Å². The Kier molecular flexibility index (Phi) is 9.17. The van der Waals surface area contributed by atoms with Crippen molar-refractivity contribution in [2.45, 2.75) is 41.7 Å². The van der Waals surface area contributed by atoms with E-state index in [4.69, 9.17) is 0 Å². The fourth-order valence-corrected chi connectivity index (χ4v) is 3.72. The highest BCUT2D eigenvalue weighted by Gasteiger charge is 2.94. The molecule has 0 radical (unpaired) electrons. The molecule has 2 aliphatic heterocycles. The van der Waals surface area contributed by atoms with Crippen LogP contribution < -0.4 is 14.5 Å². The molecule has 4 amide bonds. The van der Waals surface area contributed by atoms with Crippen molar-refractivity contribution in [3.8, 4) is 5.75 Å². The molecular weight excluding hydrogens is 764 g/mol. The predicted molar refractivity (Wildman–Crippen MR) is 115 cm³/mol. The smallest absolute Gasteiger partial charge is 0.423 e. The highest BCUT2D eigenvalue weighted by molar-refractivity contribution is 6.33. The zero-order valence-corrected chi connectivity index (χ0v) is 22.3. The van der Waals surface area contributed by atoms with E-state index in [0.29, 0.717) is 0 Å². The molecular formula is C23H4F20N2O5. The van der Waals surface area contributed by atoms with Gasteiger partial charge in [0.2, 0.25) is 17.4 Å². The molecule has 0 saturated heterocycles. The average Bonchev–Trinajstić information content (AvgIpc) is 3.49.